The summed E-state index contributed by atoms with van der Waals surface area (Å²) >= 11 is 0. The molecule has 7 nitrogen and oxygen atoms in total. The summed E-state index contributed by atoms with van der Waals surface area (Å²) < 4.78 is 0. The fourth-order valence-electron chi connectivity index (χ4n) is 1.34. The highest BCUT2D eigenvalue weighted by Crippen LogP contribution is 2.24. The number of rotatable bonds is 4. The Morgan fingerprint density at radius 1 is 1.44 bits per heavy atom. The topological polar surface area (TPSA) is 121 Å². The highest BCUT2D eigenvalue weighted by atomic mass is 16.6. The summed E-state index contributed by atoms with van der Waals surface area (Å²) in [5.74, 6) is -1.29. The van der Waals surface area contributed by atoms with Crippen LogP contribution in [0.25, 0.3) is 6.08 Å². The van der Waals surface area contributed by atoms with E-state index in [1.807, 2.05) is 0 Å². The first-order chi connectivity index (χ1) is 8.51. The molecule has 0 aliphatic rings. The summed E-state index contributed by atoms with van der Waals surface area (Å²) in [5.41, 5.74) is -0.894. The van der Waals surface area contributed by atoms with Crippen LogP contribution in [0.15, 0.2) is 18.2 Å². The van der Waals surface area contributed by atoms with E-state index >= 15 is 0 Å². The van der Waals surface area contributed by atoms with E-state index in [-0.39, 0.29) is 23.0 Å². The third-order valence-electron chi connectivity index (χ3n) is 2.09. The lowest BCUT2D eigenvalue weighted by atomic mass is 10.00. The Hall–Kier alpha value is -3.01. The van der Waals surface area contributed by atoms with Crippen LogP contribution >= 0.6 is 0 Å². The number of benzene rings is 1. The molecule has 0 fully saturated rings. The molecular weight excluding hydrogens is 240 g/mol. The van der Waals surface area contributed by atoms with Crippen LogP contribution in [0.1, 0.15) is 21.5 Å². The molecule has 1 N–H and O–H groups in total. The summed E-state index contributed by atoms with van der Waals surface area (Å²) in [6, 6.07) is 3.92. The van der Waals surface area contributed by atoms with E-state index in [4.69, 9.17) is 10.4 Å². The van der Waals surface area contributed by atoms with Gasteiger partial charge in [0.2, 0.25) is 0 Å². The highest BCUT2D eigenvalue weighted by molar-refractivity contribution is 5.93. The number of hydrogen-bond acceptors (Lipinski definition) is 5. The van der Waals surface area contributed by atoms with Gasteiger partial charge in [-0.25, -0.2) is 4.79 Å². The molecule has 0 aliphatic heterocycles. The smallest absolute Gasteiger partial charge is 0.328 e. The van der Waals surface area contributed by atoms with Gasteiger partial charge in [-0.1, -0.05) is 0 Å². The zero-order chi connectivity index (χ0) is 13.7. The second-order valence-electron chi connectivity index (χ2n) is 3.12. The molecule has 0 bridgehead atoms. The van der Waals surface area contributed by atoms with Gasteiger partial charge in [0.1, 0.15) is 5.56 Å². The molecular formula is C11H6N2O5. The minimum atomic E-state index is -1.29. The minimum absolute atomic E-state index is 0.0137. The quantitative estimate of drug-likeness (QED) is 0.370. The van der Waals surface area contributed by atoms with Crippen LogP contribution < -0.4 is 0 Å². The van der Waals surface area contributed by atoms with Gasteiger partial charge < -0.3 is 5.11 Å². The van der Waals surface area contributed by atoms with Gasteiger partial charge in [0.05, 0.1) is 16.6 Å². The predicted octanol–water partition coefficient (Wildman–Crippen LogP) is 1.38. The standard InChI is InChI=1S/C11H6N2O5/c12-5-7-1-3-10(13(17)18)9(6-14)8(7)2-4-11(15)16/h1-4,6H,(H,15,16)/b4-2+. The van der Waals surface area contributed by atoms with Gasteiger partial charge in [0.25, 0.3) is 5.69 Å². The van der Waals surface area contributed by atoms with Crippen molar-refractivity contribution in [3.63, 3.8) is 0 Å². The van der Waals surface area contributed by atoms with E-state index in [1.165, 1.54) is 0 Å². The molecule has 0 saturated heterocycles. The Kier molecular flexibility index (Phi) is 3.89. The first-order valence-corrected chi connectivity index (χ1v) is 4.59. The first kappa shape index (κ1) is 13.1. The molecule has 90 valence electrons. The lowest BCUT2D eigenvalue weighted by Crippen LogP contribution is -2.00. The third kappa shape index (κ3) is 2.56. The number of carbonyl (C=O) groups excluding carboxylic acids is 1. The number of hydrogen-bond donors (Lipinski definition) is 1. The Labute approximate surface area is 101 Å². The summed E-state index contributed by atoms with van der Waals surface area (Å²) in [7, 11) is 0. The molecule has 0 radical (unpaired) electrons. The van der Waals surface area contributed by atoms with Gasteiger partial charge in [-0.2, -0.15) is 5.26 Å². The highest BCUT2D eigenvalue weighted by Gasteiger charge is 2.18. The van der Waals surface area contributed by atoms with E-state index in [0.717, 1.165) is 18.2 Å². The Morgan fingerprint density at radius 2 is 2.11 bits per heavy atom. The summed E-state index contributed by atoms with van der Waals surface area (Å²) in [6.07, 6.45) is 1.91. The first-order valence-electron chi connectivity index (χ1n) is 4.59. The Balaban J connectivity index is 3.57. The number of aldehydes is 1. The normalized spacial score (nSPS) is 9.94. The molecule has 1 rings (SSSR count). The van der Waals surface area contributed by atoms with Crippen molar-refractivity contribution in [1.82, 2.24) is 0 Å². The largest absolute Gasteiger partial charge is 0.478 e. The van der Waals surface area contributed by atoms with Crippen molar-refractivity contribution >= 4 is 24.0 Å². The summed E-state index contributed by atoms with van der Waals surface area (Å²) in [5, 5.41) is 28.0. The lowest BCUT2D eigenvalue weighted by molar-refractivity contribution is -0.385. The summed E-state index contributed by atoms with van der Waals surface area (Å²) in [4.78, 5) is 31.2. The number of nitrogens with zero attached hydrogens (tertiary/aromatic N) is 2. The van der Waals surface area contributed by atoms with E-state index in [0.29, 0.717) is 6.08 Å². The molecule has 0 aromatic heterocycles. The zero-order valence-corrected chi connectivity index (χ0v) is 8.86. The molecule has 0 spiro atoms. The Morgan fingerprint density at radius 3 is 2.56 bits per heavy atom. The fraction of sp³-hybridized carbons (Fsp3) is 0. The van der Waals surface area contributed by atoms with E-state index < -0.39 is 16.6 Å². The molecule has 1 aromatic carbocycles. The lowest BCUT2D eigenvalue weighted by Gasteiger charge is -2.02. The summed E-state index contributed by atoms with van der Waals surface area (Å²) in [6.45, 7) is 0. The molecule has 0 unspecified atom stereocenters. The minimum Gasteiger partial charge on any atom is -0.478 e. The van der Waals surface area contributed by atoms with Crippen molar-refractivity contribution < 1.29 is 19.6 Å². The van der Waals surface area contributed by atoms with Crippen molar-refractivity contribution in [3.8, 4) is 6.07 Å². The maximum Gasteiger partial charge on any atom is 0.328 e. The predicted molar refractivity (Wildman–Crippen MR) is 59.9 cm³/mol. The van der Waals surface area contributed by atoms with Gasteiger partial charge in [0.15, 0.2) is 6.29 Å². The van der Waals surface area contributed by atoms with Crippen molar-refractivity contribution in [2.75, 3.05) is 0 Å². The van der Waals surface area contributed by atoms with Crippen LogP contribution in [0.3, 0.4) is 0 Å². The van der Waals surface area contributed by atoms with Crippen molar-refractivity contribution in [3.05, 3.63) is 45.0 Å². The molecule has 0 atom stereocenters. The number of nitro benzene ring substituents is 1. The zero-order valence-electron chi connectivity index (χ0n) is 8.86. The van der Waals surface area contributed by atoms with Crippen LogP contribution in [0.4, 0.5) is 5.69 Å². The number of carboxylic acids is 1. The molecule has 0 heterocycles. The number of carboxylic acid groups (broad SMARTS) is 1. The SMILES string of the molecule is N#Cc1ccc([N+](=O)[O-])c(C=O)c1/C=C/C(=O)O. The Bertz CT molecular complexity index is 598. The number of aliphatic carboxylic acids is 1. The number of nitriles is 1. The molecule has 1 aromatic rings. The van der Waals surface area contributed by atoms with Crippen LogP contribution in [-0.2, 0) is 4.79 Å². The van der Waals surface area contributed by atoms with Crippen molar-refractivity contribution in [1.29, 1.82) is 5.26 Å². The molecule has 0 saturated carbocycles. The fourth-order valence-corrected chi connectivity index (χ4v) is 1.34. The average Bonchev–Trinajstić information content (AvgIpc) is 2.34. The van der Waals surface area contributed by atoms with Crippen LogP contribution in [0, 0.1) is 21.4 Å². The van der Waals surface area contributed by atoms with E-state index in [1.54, 1.807) is 6.07 Å². The van der Waals surface area contributed by atoms with Crippen LogP contribution in [0.5, 0.6) is 0 Å². The average molecular weight is 246 g/mol. The van der Waals surface area contributed by atoms with Gasteiger partial charge in [-0.05, 0) is 12.1 Å². The monoisotopic (exact) mass is 246 g/mol. The van der Waals surface area contributed by atoms with Gasteiger partial charge in [-0.15, -0.1) is 0 Å². The van der Waals surface area contributed by atoms with Crippen LogP contribution in [-0.4, -0.2) is 22.3 Å². The molecule has 0 amide bonds. The van der Waals surface area contributed by atoms with E-state index in [9.17, 15) is 19.7 Å². The number of carbonyl (C=O) groups is 2. The van der Waals surface area contributed by atoms with Gasteiger partial charge in [0, 0.05) is 17.7 Å². The van der Waals surface area contributed by atoms with Crippen molar-refractivity contribution in [2.24, 2.45) is 0 Å². The molecule has 7 heteroatoms. The second-order valence-corrected chi connectivity index (χ2v) is 3.12. The maximum atomic E-state index is 10.9. The number of nitro groups is 1. The molecule has 18 heavy (non-hydrogen) atoms. The molecule has 0 aliphatic carbocycles. The second kappa shape index (κ2) is 5.36. The maximum absolute atomic E-state index is 10.9. The van der Waals surface area contributed by atoms with Crippen LogP contribution in [0.2, 0.25) is 0 Å². The third-order valence-corrected chi connectivity index (χ3v) is 2.09. The van der Waals surface area contributed by atoms with E-state index in [2.05, 4.69) is 0 Å². The van der Waals surface area contributed by atoms with Crippen molar-refractivity contribution in [2.45, 2.75) is 0 Å². The van der Waals surface area contributed by atoms with Gasteiger partial charge >= 0.3 is 5.97 Å². The van der Waals surface area contributed by atoms with Gasteiger partial charge in [-0.3, -0.25) is 14.9 Å².